The van der Waals surface area contributed by atoms with Crippen LogP contribution in [0.5, 0.6) is 11.5 Å². The number of amides is 1. The smallest absolute Gasteiger partial charge is 0.279 e. The van der Waals surface area contributed by atoms with Gasteiger partial charge in [-0.1, -0.05) is 48.2 Å². The molecule has 0 saturated carbocycles. The van der Waals surface area contributed by atoms with E-state index in [1.165, 1.54) is 22.9 Å². The first-order chi connectivity index (χ1) is 15.9. The molecule has 4 rings (SSSR count). The summed E-state index contributed by atoms with van der Waals surface area (Å²) in [5.74, 6) is 1.63. The van der Waals surface area contributed by atoms with Gasteiger partial charge in [0.1, 0.15) is 5.82 Å². The Labute approximate surface area is 197 Å². The number of hydrogen-bond acceptors (Lipinski definition) is 6. The van der Waals surface area contributed by atoms with E-state index in [0.29, 0.717) is 40.4 Å². The standard InChI is InChI=1S/C25H27N3O4S/c1-5-32-22-17(11-8-12-19(22)31-4)18-13-20(29)26-23-21(18)24(30)27-25(28(23)3)33-14-16-10-7-6-9-15(16)2/h6-12,18H,5,13-14H2,1-4H3,(H,26,29)/t18-/m1/s1. The summed E-state index contributed by atoms with van der Waals surface area (Å²) < 4.78 is 13.1. The van der Waals surface area contributed by atoms with Gasteiger partial charge < -0.3 is 19.4 Å². The van der Waals surface area contributed by atoms with E-state index in [9.17, 15) is 9.59 Å². The third-order valence-electron chi connectivity index (χ3n) is 5.81. The van der Waals surface area contributed by atoms with Gasteiger partial charge in [0.05, 0.1) is 19.3 Å². The number of carbonyl (C=O) groups is 1. The molecule has 2 heterocycles. The predicted molar refractivity (Wildman–Crippen MR) is 129 cm³/mol. The van der Waals surface area contributed by atoms with Gasteiger partial charge in [-0.3, -0.25) is 9.59 Å². The first-order valence-corrected chi connectivity index (χ1v) is 11.8. The summed E-state index contributed by atoms with van der Waals surface area (Å²) >= 11 is 1.47. The van der Waals surface area contributed by atoms with Crippen LogP contribution in [-0.4, -0.2) is 29.2 Å². The first kappa shape index (κ1) is 22.9. The van der Waals surface area contributed by atoms with Gasteiger partial charge in [-0.2, -0.15) is 4.98 Å². The maximum Gasteiger partial charge on any atom is 0.279 e. The maximum atomic E-state index is 13.3. The van der Waals surface area contributed by atoms with Crippen LogP contribution >= 0.6 is 11.8 Å². The molecule has 7 nitrogen and oxygen atoms in total. The minimum atomic E-state index is -0.480. The minimum absolute atomic E-state index is 0.132. The lowest BCUT2D eigenvalue weighted by Gasteiger charge is -2.29. The lowest BCUT2D eigenvalue weighted by atomic mass is 9.86. The molecule has 3 aromatic rings. The van der Waals surface area contributed by atoms with E-state index in [1.54, 1.807) is 17.7 Å². The summed E-state index contributed by atoms with van der Waals surface area (Å²) in [5, 5.41) is 3.45. The fourth-order valence-corrected chi connectivity index (χ4v) is 5.15. The second kappa shape index (κ2) is 9.70. The predicted octanol–water partition coefficient (Wildman–Crippen LogP) is 4.26. The highest BCUT2D eigenvalue weighted by molar-refractivity contribution is 7.98. The lowest BCUT2D eigenvalue weighted by molar-refractivity contribution is -0.116. The van der Waals surface area contributed by atoms with Crippen LogP contribution in [0.3, 0.4) is 0 Å². The SMILES string of the molecule is CCOc1c(OC)cccc1[C@H]1CC(=O)Nc2c1c(=O)nc(SCc1ccccc1C)n2C. The number of hydrogen-bond donors (Lipinski definition) is 1. The maximum absolute atomic E-state index is 13.3. The number of fused-ring (bicyclic) bond motifs is 1. The third kappa shape index (κ3) is 4.48. The van der Waals surface area contributed by atoms with Crippen molar-refractivity contribution in [3.8, 4) is 11.5 Å². The number of nitrogens with zero attached hydrogens (tertiary/aromatic N) is 2. The summed E-state index contributed by atoms with van der Waals surface area (Å²) in [7, 11) is 3.39. The van der Waals surface area contributed by atoms with Gasteiger partial charge in [0.15, 0.2) is 16.7 Å². The molecule has 8 heteroatoms. The highest BCUT2D eigenvalue weighted by Crippen LogP contribution is 2.43. The third-order valence-corrected chi connectivity index (χ3v) is 6.89. The number of methoxy groups -OCH3 is 1. The number of aromatic nitrogens is 2. The van der Waals surface area contributed by atoms with Crippen molar-refractivity contribution in [2.45, 2.75) is 37.1 Å². The number of aryl methyl sites for hydroxylation is 1. The first-order valence-electron chi connectivity index (χ1n) is 10.8. The van der Waals surface area contributed by atoms with Gasteiger partial charge in [0.2, 0.25) is 5.91 Å². The molecule has 0 fully saturated rings. The molecule has 0 unspecified atom stereocenters. The molecule has 1 amide bonds. The van der Waals surface area contributed by atoms with Crippen LogP contribution in [0.2, 0.25) is 0 Å². The zero-order valence-corrected chi connectivity index (χ0v) is 20.0. The second-order valence-corrected chi connectivity index (χ2v) is 8.80. The van der Waals surface area contributed by atoms with E-state index in [0.717, 1.165) is 5.56 Å². The Balaban J connectivity index is 1.77. The summed E-state index contributed by atoms with van der Waals surface area (Å²) in [4.78, 5) is 30.4. The fraction of sp³-hybridized carbons (Fsp3) is 0.320. The van der Waals surface area contributed by atoms with Crippen LogP contribution in [0.1, 0.15) is 41.5 Å². The average Bonchev–Trinajstić information content (AvgIpc) is 2.81. The number of carbonyl (C=O) groups excluding carboxylic acids is 1. The number of anilines is 1. The van der Waals surface area contributed by atoms with Crippen LogP contribution < -0.4 is 20.3 Å². The molecule has 172 valence electrons. The van der Waals surface area contributed by atoms with E-state index in [-0.39, 0.29) is 17.9 Å². The van der Waals surface area contributed by atoms with E-state index >= 15 is 0 Å². The number of rotatable bonds is 7. The van der Waals surface area contributed by atoms with Crippen molar-refractivity contribution in [3.05, 3.63) is 75.1 Å². The van der Waals surface area contributed by atoms with Crippen LogP contribution in [0, 0.1) is 6.92 Å². The van der Waals surface area contributed by atoms with Crippen molar-refractivity contribution in [1.82, 2.24) is 9.55 Å². The van der Waals surface area contributed by atoms with E-state index < -0.39 is 5.92 Å². The highest BCUT2D eigenvalue weighted by Gasteiger charge is 2.34. The Morgan fingerprint density at radius 3 is 2.70 bits per heavy atom. The molecule has 1 aliphatic rings. The molecule has 0 saturated heterocycles. The van der Waals surface area contributed by atoms with Crippen molar-refractivity contribution >= 4 is 23.5 Å². The van der Waals surface area contributed by atoms with E-state index in [4.69, 9.17) is 9.47 Å². The zero-order valence-electron chi connectivity index (χ0n) is 19.2. The van der Waals surface area contributed by atoms with Crippen molar-refractivity contribution < 1.29 is 14.3 Å². The van der Waals surface area contributed by atoms with Crippen LogP contribution in [0.15, 0.2) is 52.4 Å². The van der Waals surface area contributed by atoms with Gasteiger partial charge in [0.25, 0.3) is 5.56 Å². The van der Waals surface area contributed by atoms with Crippen molar-refractivity contribution in [3.63, 3.8) is 0 Å². The van der Waals surface area contributed by atoms with Crippen molar-refractivity contribution in [2.24, 2.45) is 7.05 Å². The van der Waals surface area contributed by atoms with E-state index in [1.807, 2.05) is 38.2 Å². The molecule has 1 atom stereocenters. The minimum Gasteiger partial charge on any atom is -0.493 e. The Morgan fingerprint density at radius 1 is 1.18 bits per heavy atom. The second-order valence-electron chi connectivity index (χ2n) is 7.85. The van der Waals surface area contributed by atoms with Crippen molar-refractivity contribution in [2.75, 3.05) is 19.0 Å². The molecular formula is C25H27N3O4S. The van der Waals surface area contributed by atoms with Crippen LogP contribution in [0.25, 0.3) is 0 Å². The largest absolute Gasteiger partial charge is 0.493 e. The van der Waals surface area contributed by atoms with Gasteiger partial charge in [0, 0.05) is 30.7 Å². The molecule has 0 spiro atoms. The fourth-order valence-electron chi connectivity index (χ4n) is 4.11. The Kier molecular flexibility index (Phi) is 6.74. The van der Waals surface area contributed by atoms with E-state index in [2.05, 4.69) is 29.4 Å². The lowest BCUT2D eigenvalue weighted by Crippen LogP contribution is -2.33. The van der Waals surface area contributed by atoms with Crippen molar-refractivity contribution in [1.29, 1.82) is 0 Å². The quantitative estimate of drug-likeness (QED) is 0.415. The number of ether oxygens (including phenoxy) is 2. The van der Waals surface area contributed by atoms with Gasteiger partial charge >= 0.3 is 0 Å². The summed E-state index contributed by atoms with van der Waals surface area (Å²) in [6, 6.07) is 13.6. The summed E-state index contributed by atoms with van der Waals surface area (Å²) in [6.45, 7) is 4.38. The number of benzene rings is 2. The number of nitrogens with one attached hydrogen (secondary N) is 1. The Morgan fingerprint density at radius 2 is 1.97 bits per heavy atom. The molecule has 1 N–H and O–H groups in total. The molecule has 0 aliphatic carbocycles. The number of para-hydroxylation sites is 1. The molecule has 0 bridgehead atoms. The molecular weight excluding hydrogens is 438 g/mol. The summed E-state index contributed by atoms with van der Waals surface area (Å²) in [5.41, 5.74) is 3.22. The molecule has 2 aromatic carbocycles. The van der Waals surface area contributed by atoms with Crippen LogP contribution in [-0.2, 0) is 17.6 Å². The monoisotopic (exact) mass is 465 g/mol. The topological polar surface area (TPSA) is 82.4 Å². The normalized spacial score (nSPS) is 15.0. The molecule has 1 aromatic heterocycles. The average molecular weight is 466 g/mol. The van der Waals surface area contributed by atoms with Gasteiger partial charge in [-0.05, 0) is 31.0 Å². The molecule has 0 radical (unpaired) electrons. The molecule has 1 aliphatic heterocycles. The van der Waals surface area contributed by atoms with Crippen LogP contribution in [0.4, 0.5) is 5.82 Å². The number of thioether (sulfide) groups is 1. The Hall–Kier alpha value is -3.26. The molecule has 33 heavy (non-hydrogen) atoms. The van der Waals surface area contributed by atoms with Gasteiger partial charge in [-0.25, -0.2) is 0 Å². The highest BCUT2D eigenvalue weighted by atomic mass is 32.2. The van der Waals surface area contributed by atoms with Gasteiger partial charge in [-0.15, -0.1) is 0 Å². The summed E-state index contributed by atoms with van der Waals surface area (Å²) in [6.07, 6.45) is 0.132. The zero-order chi connectivity index (χ0) is 23.5. The Bertz CT molecular complexity index is 1250.